The summed E-state index contributed by atoms with van der Waals surface area (Å²) in [5.41, 5.74) is 2.52. The van der Waals surface area contributed by atoms with E-state index in [4.69, 9.17) is 14.2 Å². The first-order valence-corrected chi connectivity index (χ1v) is 24.8. The van der Waals surface area contributed by atoms with Crippen LogP contribution in [0.15, 0.2) is 42.5 Å². The smallest absolute Gasteiger partial charge is 0.339 e. The Kier molecular flexibility index (Phi) is 17.2. The van der Waals surface area contributed by atoms with Gasteiger partial charge in [0.15, 0.2) is 6.29 Å². The van der Waals surface area contributed by atoms with Crippen molar-refractivity contribution in [2.45, 2.75) is 221 Å². The molecule has 354 valence electrons. The molecule has 0 saturated carbocycles. The molecule has 3 saturated heterocycles. The minimum absolute atomic E-state index is 0.0783. The number of rotatable bonds is 17. The second-order valence-electron chi connectivity index (χ2n) is 22.3. The molecule has 3 aliphatic heterocycles. The van der Waals surface area contributed by atoms with Gasteiger partial charge in [-0.15, -0.1) is 0 Å². The Hall–Kier alpha value is -2.82. The van der Waals surface area contributed by atoms with E-state index in [1.54, 1.807) is 18.2 Å². The van der Waals surface area contributed by atoms with Gasteiger partial charge in [-0.25, -0.2) is 9.59 Å². The van der Waals surface area contributed by atoms with Gasteiger partial charge >= 0.3 is 11.9 Å². The summed E-state index contributed by atoms with van der Waals surface area (Å²) >= 11 is 0. The van der Waals surface area contributed by atoms with Crippen molar-refractivity contribution in [1.82, 2.24) is 14.7 Å². The summed E-state index contributed by atoms with van der Waals surface area (Å²) in [5.74, 6) is 0.543. The van der Waals surface area contributed by atoms with E-state index in [1.807, 2.05) is 24.3 Å². The van der Waals surface area contributed by atoms with Crippen molar-refractivity contribution >= 4 is 11.9 Å². The maximum Gasteiger partial charge on any atom is 0.339 e. The van der Waals surface area contributed by atoms with Crippen LogP contribution in [0.25, 0.3) is 11.1 Å². The van der Waals surface area contributed by atoms with E-state index < -0.39 is 12.3 Å². The fourth-order valence-electron chi connectivity index (χ4n) is 11.7. The molecule has 9 heteroatoms. The molecule has 7 unspecified atom stereocenters. The number of carbonyl (C=O) groups is 2. The molecule has 1 N–H and O–H groups in total. The first-order valence-electron chi connectivity index (χ1n) is 24.8. The van der Waals surface area contributed by atoms with Crippen LogP contribution in [0.4, 0.5) is 0 Å². The van der Waals surface area contributed by atoms with Crippen molar-refractivity contribution in [2.75, 3.05) is 19.6 Å². The molecule has 3 aliphatic rings. The number of aliphatic hydroxyl groups is 1. The van der Waals surface area contributed by atoms with Crippen LogP contribution in [-0.4, -0.2) is 104 Å². The Morgan fingerprint density at radius 3 is 1.41 bits per heavy atom. The standard InChI is InChI=1S/C54H87N3O6/c1-16-25-55-46(35(4)5)29-41(32-52(55,10)11)61-49(58)39-21-19-38(20-22-39)44-24-23-40(50(59)62-42-30-47(36(6)7)56(26-17-2)53(12,13)33-42)28-45(44)51(60)63-43-31-48(37(8)9)57(27-18-3)54(14,15)34-43/h19-24,28,35-37,41-43,46-48,50,59H,16-18,25-27,29-34H2,1-15H3. The Labute approximate surface area is 383 Å². The number of hydrogen-bond acceptors (Lipinski definition) is 9. The Morgan fingerprint density at radius 1 is 0.603 bits per heavy atom. The summed E-state index contributed by atoms with van der Waals surface area (Å²) in [4.78, 5) is 36.2. The number of carbonyl (C=O) groups excluding carboxylic acids is 2. The predicted octanol–water partition coefficient (Wildman–Crippen LogP) is 11.7. The van der Waals surface area contributed by atoms with Crippen molar-refractivity contribution < 1.29 is 28.9 Å². The fraction of sp³-hybridized carbons (Fsp3) is 0.741. The van der Waals surface area contributed by atoms with Crippen LogP contribution in [0.5, 0.6) is 0 Å². The molecule has 0 aliphatic carbocycles. The molecule has 3 fully saturated rings. The molecule has 7 atom stereocenters. The lowest BCUT2D eigenvalue weighted by atomic mass is 9.80. The van der Waals surface area contributed by atoms with Crippen molar-refractivity contribution in [3.8, 4) is 11.1 Å². The lowest BCUT2D eigenvalue weighted by Crippen LogP contribution is -2.59. The van der Waals surface area contributed by atoms with Crippen LogP contribution < -0.4 is 0 Å². The molecule has 5 rings (SSSR count). The van der Waals surface area contributed by atoms with Crippen LogP contribution in [0.3, 0.4) is 0 Å². The van der Waals surface area contributed by atoms with E-state index in [0.29, 0.717) is 52.1 Å². The van der Waals surface area contributed by atoms with Gasteiger partial charge in [0.25, 0.3) is 0 Å². The van der Waals surface area contributed by atoms with E-state index in [-0.39, 0.29) is 46.9 Å². The van der Waals surface area contributed by atoms with Gasteiger partial charge in [0.2, 0.25) is 0 Å². The van der Waals surface area contributed by atoms with E-state index in [9.17, 15) is 14.7 Å². The van der Waals surface area contributed by atoms with Gasteiger partial charge in [-0.3, -0.25) is 14.7 Å². The molecule has 9 nitrogen and oxygen atoms in total. The highest BCUT2D eigenvalue weighted by atomic mass is 16.6. The van der Waals surface area contributed by atoms with Crippen molar-refractivity contribution in [3.05, 3.63) is 59.2 Å². The largest absolute Gasteiger partial charge is 0.459 e. The van der Waals surface area contributed by atoms with Crippen LogP contribution >= 0.6 is 0 Å². The number of benzene rings is 2. The predicted molar refractivity (Wildman–Crippen MR) is 257 cm³/mol. The third-order valence-corrected chi connectivity index (χ3v) is 14.8. The van der Waals surface area contributed by atoms with Gasteiger partial charge in [0, 0.05) is 66.0 Å². The molecule has 2 aromatic rings. The lowest BCUT2D eigenvalue weighted by Gasteiger charge is -2.52. The van der Waals surface area contributed by atoms with Gasteiger partial charge < -0.3 is 19.3 Å². The third-order valence-electron chi connectivity index (χ3n) is 14.8. The molecule has 0 radical (unpaired) electrons. The van der Waals surface area contributed by atoms with Gasteiger partial charge in [-0.2, -0.15) is 0 Å². The Balaban J connectivity index is 1.42. The average molecular weight is 874 g/mol. The Morgan fingerprint density at radius 2 is 1.00 bits per heavy atom. The normalized spacial score (nSPS) is 27.2. The molecule has 0 bridgehead atoms. The first-order chi connectivity index (χ1) is 29.5. The van der Waals surface area contributed by atoms with E-state index in [0.717, 1.165) is 83.0 Å². The topological polar surface area (TPSA) is 91.8 Å². The lowest BCUT2D eigenvalue weighted by molar-refractivity contribution is -0.176. The summed E-state index contributed by atoms with van der Waals surface area (Å²) in [6.07, 6.45) is 6.17. The van der Waals surface area contributed by atoms with E-state index >= 15 is 0 Å². The van der Waals surface area contributed by atoms with Crippen molar-refractivity contribution in [1.29, 1.82) is 0 Å². The number of aliphatic hydroxyl groups excluding tert-OH is 1. The SMILES string of the molecule is CCCN1C(C(C)C)CC(OC(=O)c2ccc(-c3ccc(C(O)OC4CC(C(C)C)N(CCC)C(C)(C)C4)cc3C(=O)OC3CC(C(C)C)N(CCC)C(C)(C)C3)cc2)CC1(C)C. The number of esters is 2. The van der Waals surface area contributed by atoms with Gasteiger partial charge in [-0.05, 0) is 140 Å². The number of ether oxygens (including phenoxy) is 3. The molecule has 0 amide bonds. The summed E-state index contributed by atoms with van der Waals surface area (Å²) in [6.45, 7) is 37.0. The number of likely N-dealkylation sites (tertiary alicyclic amines) is 3. The maximum absolute atomic E-state index is 14.6. The van der Waals surface area contributed by atoms with Crippen LogP contribution in [0.2, 0.25) is 0 Å². The highest BCUT2D eigenvalue weighted by Crippen LogP contribution is 2.41. The summed E-state index contributed by atoms with van der Waals surface area (Å²) in [6, 6.07) is 13.8. The van der Waals surface area contributed by atoms with Gasteiger partial charge in [0.1, 0.15) is 12.2 Å². The van der Waals surface area contributed by atoms with Crippen LogP contribution in [0.1, 0.15) is 194 Å². The molecule has 3 heterocycles. The third kappa shape index (κ3) is 12.2. The average Bonchev–Trinajstić information content (AvgIpc) is 3.19. The van der Waals surface area contributed by atoms with Gasteiger partial charge in [0.05, 0.1) is 17.2 Å². The molecule has 63 heavy (non-hydrogen) atoms. The Bertz CT molecular complexity index is 1800. The number of piperidine rings is 3. The van der Waals surface area contributed by atoms with E-state index in [2.05, 4.69) is 119 Å². The number of hydrogen-bond donors (Lipinski definition) is 1. The highest BCUT2D eigenvalue weighted by molar-refractivity contribution is 5.98. The summed E-state index contributed by atoms with van der Waals surface area (Å²) in [5, 5.41) is 11.8. The minimum atomic E-state index is -1.22. The monoisotopic (exact) mass is 874 g/mol. The second-order valence-corrected chi connectivity index (χ2v) is 22.3. The van der Waals surface area contributed by atoms with Crippen LogP contribution in [0, 0.1) is 17.8 Å². The minimum Gasteiger partial charge on any atom is -0.459 e. The van der Waals surface area contributed by atoms with Crippen LogP contribution in [-0.2, 0) is 14.2 Å². The zero-order valence-corrected chi connectivity index (χ0v) is 42.1. The fourth-order valence-corrected chi connectivity index (χ4v) is 11.7. The van der Waals surface area contributed by atoms with Crippen molar-refractivity contribution in [2.24, 2.45) is 17.8 Å². The van der Waals surface area contributed by atoms with E-state index in [1.165, 1.54) is 0 Å². The quantitative estimate of drug-likeness (QED) is 0.123. The van der Waals surface area contributed by atoms with Crippen molar-refractivity contribution in [3.63, 3.8) is 0 Å². The summed E-state index contributed by atoms with van der Waals surface area (Å²) < 4.78 is 19.3. The molecule has 0 aromatic heterocycles. The maximum atomic E-state index is 14.6. The first kappa shape index (κ1) is 51.2. The zero-order valence-electron chi connectivity index (χ0n) is 42.1. The summed E-state index contributed by atoms with van der Waals surface area (Å²) in [7, 11) is 0. The highest BCUT2D eigenvalue weighted by Gasteiger charge is 2.45. The molecule has 0 spiro atoms. The molecular weight excluding hydrogens is 787 g/mol. The molecule has 2 aromatic carbocycles. The zero-order chi connectivity index (χ0) is 46.6. The molecular formula is C54H87N3O6. The van der Waals surface area contributed by atoms with Gasteiger partial charge in [-0.1, -0.05) is 86.6 Å². The second kappa shape index (κ2) is 21.2. The number of nitrogens with zero attached hydrogens (tertiary/aromatic N) is 3.